The zero-order chi connectivity index (χ0) is 12.5. The molecule has 1 aromatic rings. The number of rotatable bonds is 1. The highest BCUT2D eigenvalue weighted by Crippen LogP contribution is 2.26. The van der Waals surface area contributed by atoms with Gasteiger partial charge in [-0.25, -0.2) is 9.97 Å². The fraction of sp³-hybridized carbons (Fsp3) is 0.692. The van der Waals surface area contributed by atoms with E-state index in [9.17, 15) is 0 Å². The first-order valence-corrected chi connectivity index (χ1v) is 6.64. The standard InChI is InChI=1S/C13H20ClN3/c1-13(2,3)10-9-11(16-12(14)15-10)17-7-5-4-6-8-17/h9H,4-8H2,1-3H3. The van der Waals surface area contributed by atoms with Crippen LogP contribution in [0.1, 0.15) is 45.7 Å². The summed E-state index contributed by atoms with van der Waals surface area (Å²) in [6.45, 7) is 8.59. The first kappa shape index (κ1) is 12.6. The molecule has 0 radical (unpaired) electrons. The Morgan fingerprint density at radius 3 is 2.35 bits per heavy atom. The van der Waals surface area contributed by atoms with E-state index in [4.69, 9.17) is 11.6 Å². The van der Waals surface area contributed by atoms with Gasteiger partial charge < -0.3 is 4.90 Å². The molecule has 1 aliphatic heterocycles. The Kier molecular flexibility index (Phi) is 3.57. The summed E-state index contributed by atoms with van der Waals surface area (Å²) in [5.41, 5.74) is 1.02. The van der Waals surface area contributed by atoms with Crippen LogP contribution in [0.25, 0.3) is 0 Å². The van der Waals surface area contributed by atoms with Crippen LogP contribution >= 0.6 is 11.6 Å². The lowest BCUT2D eigenvalue weighted by Crippen LogP contribution is -2.30. The number of nitrogens with zero attached hydrogens (tertiary/aromatic N) is 3. The van der Waals surface area contributed by atoms with Gasteiger partial charge in [0, 0.05) is 24.6 Å². The van der Waals surface area contributed by atoms with E-state index in [0.29, 0.717) is 5.28 Å². The van der Waals surface area contributed by atoms with Gasteiger partial charge >= 0.3 is 0 Å². The van der Waals surface area contributed by atoms with Gasteiger partial charge in [0.05, 0.1) is 5.69 Å². The summed E-state index contributed by atoms with van der Waals surface area (Å²) in [6, 6.07) is 2.08. The van der Waals surface area contributed by atoms with Crippen molar-refractivity contribution in [3.05, 3.63) is 17.0 Å². The molecule has 0 spiro atoms. The van der Waals surface area contributed by atoms with Crippen LogP contribution < -0.4 is 4.90 Å². The Balaban J connectivity index is 2.31. The third-order valence-corrected chi connectivity index (χ3v) is 3.30. The van der Waals surface area contributed by atoms with Crippen molar-refractivity contribution in [3.63, 3.8) is 0 Å². The van der Waals surface area contributed by atoms with Gasteiger partial charge in [-0.2, -0.15) is 0 Å². The molecular formula is C13H20ClN3. The van der Waals surface area contributed by atoms with Gasteiger partial charge in [-0.05, 0) is 30.9 Å². The van der Waals surface area contributed by atoms with Crippen molar-refractivity contribution in [2.45, 2.75) is 45.4 Å². The molecule has 0 bridgehead atoms. The van der Waals surface area contributed by atoms with Crippen LogP contribution in [0.2, 0.25) is 5.28 Å². The summed E-state index contributed by atoms with van der Waals surface area (Å²) in [5, 5.41) is 0.359. The molecule has 0 aromatic carbocycles. The summed E-state index contributed by atoms with van der Waals surface area (Å²) < 4.78 is 0. The van der Waals surface area contributed by atoms with E-state index < -0.39 is 0 Å². The van der Waals surface area contributed by atoms with Gasteiger partial charge in [0.15, 0.2) is 0 Å². The maximum atomic E-state index is 6.03. The minimum atomic E-state index is 0.0110. The zero-order valence-electron chi connectivity index (χ0n) is 10.8. The van der Waals surface area contributed by atoms with Gasteiger partial charge in [-0.3, -0.25) is 0 Å². The molecule has 0 atom stereocenters. The molecule has 0 saturated carbocycles. The minimum absolute atomic E-state index is 0.0110. The van der Waals surface area contributed by atoms with Gasteiger partial charge in [0.2, 0.25) is 5.28 Å². The van der Waals surface area contributed by atoms with E-state index >= 15 is 0 Å². The van der Waals surface area contributed by atoms with Gasteiger partial charge in [0.1, 0.15) is 5.82 Å². The van der Waals surface area contributed by atoms with Crippen LogP contribution in [-0.4, -0.2) is 23.1 Å². The molecule has 1 aromatic heterocycles. The zero-order valence-corrected chi connectivity index (χ0v) is 11.6. The molecule has 0 aliphatic carbocycles. The highest BCUT2D eigenvalue weighted by Gasteiger charge is 2.20. The van der Waals surface area contributed by atoms with Crippen LogP contribution in [0.3, 0.4) is 0 Å². The average molecular weight is 254 g/mol. The van der Waals surface area contributed by atoms with E-state index in [0.717, 1.165) is 24.6 Å². The molecular weight excluding hydrogens is 234 g/mol. The summed E-state index contributed by atoms with van der Waals surface area (Å²) in [4.78, 5) is 11.0. The third-order valence-electron chi connectivity index (χ3n) is 3.13. The molecule has 0 amide bonds. The fourth-order valence-corrected chi connectivity index (χ4v) is 2.25. The van der Waals surface area contributed by atoms with Crippen molar-refractivity contribution < 1.29 is 0 Å². The molecule has 17 heavy (non-hydrogen) atoms. The second-order valence-corrected chi connectivity index (χ2v) is 6.02. The second kappa shape index (κ2) is 4.81. The molecule has 2 heterocycles. The molecule has 1 aliphatic rings. The van der Waals surface area contributed by atoms with Crippen LogP contribution in [0.4, 0.5) is 5.82 Å². The highest BCUT2D eigenvalue weighted by molar-refractivity contribution is 6.28. The number of anilines is 1. The van der Waals surface area contributed by atoms with E-state index in [1.807, 2.05) is 0 Å². The first-order chi connectivity index (χ1) is 7.97. The Hall–Kier alpha value is -0.830. The van der Waals surface area contributed by atoms with E-state index in [1.165, 1.54) is 19.3 Å². The molecule has 94 valence electrons. The Morgan fingerprint density at radius 1 is 1.12 bits per heavy atom. The number of hydrogen-bond acceptors (Lipinski definition) is 3. The van der Waals surface area contributed by atoms with Gasteiger partial charge in [-0.1, -0.05) is 20.8 Å². The Morgan fingerprint density at radius 2 is 1.76 bits per heavy atom. The number of halogens is 1. The molecule has 0 unspecified atom stereocenters. The monoisotopic (exact) mass is 253 g/mol. The largest absolute Gasteiger partial charge is 0.356 e. The van der Waals surface area contributed by atoms with E-state index in [2.05, 4.69) is 41.7 Å². The molecule has 1 saturated heterocycles. The number of piperidine rings is 1. The Labute approximate surface area is 108 Å². The van der Waals surface area contributed by atoms with Gasteiger partial charge in [-0.15, -0.1) is 0 Å². The number of aromatic nitrogens is 2. The van der Waals surface area contributed by atoms with Crippen molar-refractivity contribution in [3.8, 4) is 0 Å². The summed E-state index contributed by atoms with van der Waals surface area (Å²) in [5.74, 6) is 0.981. The summed E-state index contributed by atoms with van der Waals surface area (Å²) in [6.07, 6.45) is 3.81. The van der Waals surface area contributed by atoms with Crippen molar-refractivity contribution in [2.75, 3.05) is 18.0 Å². The fourth-order valence-electron chi connectivity index (χ4n) is 2.07. The first-order valence-electron chi connectivity index (χ1n) is 6.27. The quantitative estimate of drug-likeness (QED) is 0.718. The van der Waals surface area contributed by atoms with Crippen molar-refractivity contribution >= 4 is 17.4 Å². The van der Waals surface area contributed by atoms with Crippen molar-refractivity contribution in [1.29, 1.82) is 0 Å². The van der Waals surface area contributed by atoms with Crippen molar-refractivity contribution in [1.82, 2.24) is 9.97 Å². The summed E-state index contributed by atoms with van der Waals surface area (Å²) >= 11 is 6.03. The predicted octanol–water partition coefficient (Wildman–Crippen LogP) is 3.42. The van der Waals surface area contributed by atoms with E-state index in [1.54, 1.807) is 0 Å². The van der Waals surface area contributed by atoms with E-state index in [-0.39, 0.29) is 5.41 Å². The maximum absolute atomic E-state index is 6.03. The average Bonchev–Trinajstić information content (AvgIpc) is 2.28. The predicted molar refractivity (Wildman–Crippen MR) is 71.8 cm³/mol. The molecule has 2 rings (SSSR count). The van der Waals surface area contributed by atoms with Crippen LogP contribution in [0, 0.1) is 0 Å². The molecule has 3 nitrogen and oxygen atoms in total. The molecule has 0 N–H and O–H groups in total. The van der Waals surface area contributed by atoms with Crippen LogP contribution in [0.5, 0.6) is 0 Å². The third kappa shape index (κ3) is 3.09. The number of hydrogen-bond donors (Lipinski definition) is 0. The minimum Gasteiger partial charge on any atom is -0.356 e. The maximum Gasteiger partial charge on any atom is 0.224 e. The molecule has 4 heteroatoms. The smallest absolute Gasteiger partial charge is 0.224 e. The lowest BCUT2D eigenvalue weighted by atomic mass is 9.92. The lowest BCUT2D eigenvalue weighted by Gasteiger charge is -2.29. The van der Waals surface area contributed by atoms with Crippen LogP contribution in [0.15, 0.2) is 6.07 Å². The molecule has 1 fully saturated rings. The second-order valence-electron chi connectivity index (χ2n) is 5.68. The van der Waals surface area contributed by atoms with Crippen LogP contribution in [-0.2, 0) is 5.41 Å². The van der Waals surface area contributed by atoms with Gasteiger partial charge in [0.25, 0.3) is 0 Å². The lowest BCUT2D eigenvalue weighted by molar-refractivity contribution is 0.556. The summed E-state index contributed by atoms with van der Waals surface area (Å²) in [7, 11) is 0. The highest BCUT2D eigenvalue weighted by atomic mass is 35.5. The normalized spacial score (nSPS) is 17.3. The Bertz CT molecular complexity index is 392. The van der Waals surface area contributed by atoms with Crippen molar-refractivity contribution in [2.24, 2.45) is 0 Å². The SMILES string of the molecule is CC(C)(C)c1cc(N2CCCCC2)nc(Cl)n1. The topological polar surface area (TPSA) is 29.0 Å².